The minimum Gasteiger partial charge on any atom is -0.483 e. The first-order valence-corrected chi connectivity index (χ1v) is 12.6. The number of hydrogen-bond acceptors (Lipinski definition) is 7. The number of pyridine rings is 1. The summed E-state index contributed by atoms with van der Waals surface area (Å²) in [6.45, 7) is 13.4. The van der Waals surface area contributed by atoms with Crippen LogP contribution in [0.15, 0.2) is 30.5 Å². The molecular weight excluding hydrogens is 477 g/mol. The SMILES string of the molecule is CCc1ccc(C(CN2CCN(C(=O)OC(C)(C)C)[C@H](C)C2)Oc2cnc(C(=O)OC)c(C)c2)cc1F. The third-order valence-electron chi connectivity index (χ3n) is 6.30. The van der Waals surface area contributed by atoms with Gasteiger partial charge in [-0.2, -0.15) is 0 Å². The summed E-state index contributed by atoms with van der Waals surface area (Å²) in [4.78, 5) is 32.7. The number of amides is 1. The van der Waals surface area contributed by atoms with Gasteiger partial charge in [-0.25, -0.2) is 19.0 Å². The predicted molar refractivity (Wildman–Crippen MR) is 138 cm³/mol. The summed E-state index contributed by atoms with van der Waals surface area (Å²) >= 11 is 0. The zero-order chi connectivity index (χ0) is 27.3. The number of piperazine rings is 1. The minimum atomic E-state index is -0.558. The molecule has 1 aliphatic rings. The van der Waals surface area contributed by atoms with Crippen LogP contribution in [0.4, 0.5) is 9.18 Å². The average molecular weight is 516 g/mol. The van der Waals surface area contributed by atoms with E-state index in [4.69, 9.17) is 14.2 Å². The molecule has 1 fully saturated rings. The van der Waals surface area contributed by atoms with Crippen LogP contribution in [-0.4, -0.2) is 71.8 Å². The van der Waals surface area contributed by atoms with Crippen molar-refractivity contribution in [3.05, 3.63) is 58.7 Å². The average Bonchev–Trinajstić information content (AvgIpc) is 2.82. The molecule has 2 atom stereocenters. The number of methoxy groups -OCH3 is 1. The first-order chi connectivity index (χ1) is 17.4. The third kappa shape index (κ3) is 7.41. The van der Waals surface area contributed by atoms with E-state index in [0.717, 1.165) is 0 Å². The van der Waals surface area contributed by atoms with Gasteiger partial charge in [-0.05, 0) is 69.9 Å². The summed E-state index contributed by atoms with van der Waals surface area (Å²) < 4.78 is 31.4. The molecule has 37 heavy (non-hydrogen) atoms. The highest BCUT2D eigenvalue weighted by Crippen LogP contribution is 2.27. The maximum atomic E-state index is 14.7. The van der Waals surface area contributed by atoms with E-state index < -0.39 is 17.7 Å². The van der Waals surface area contributed by atoms with E-state index in [2.05, 4.69) is 9.88 Å². The fourth-order valence-corrected chi connectivity index (χ4v) is 4.37. The van der Waals surface area contributed by atoms with Crippen LogP contribution >= 0.6 is 0 Å². The highest BCUT2D eigenvalue weighted by molar-refractivity contribution is 5.88. The van der Waals surface area contributed by atoms with Gasteiger partial charge in [-0.3, -0.25) is 4.90 Å². The number of carbonyl (C=O) groups is 2. The molecule has 202 valence electrons. The van der Waals surface area contributed by atoms with Crippen molar-refractivity contribution in [2.75, 3.05) is 33.3 Å². The topological polar surface area (TPSA) is 81.2 Å². The van der Waals surface area contributed by atoms with E-state index in [1.54, 1.807) is 24.0 Å². The van der Waals surface area contributed by atoms with Gasteiger partial charge >= 0.3 is 12.1 Å². The van der Waals surface area contributed by atoms with Crippen LogP contribution in [0, 0.1) is 12.7 Å². The molecule has 2 aromatic rings. The van der Waals surface area contributed by atoms with Gasteiger partial charge < -0.3 is 19.1 Å². The van der Waals surface area contributed by atoms with E-state index in [1.165, 1.54) is 19.4 Å². The maximum absolute atomic E-state index is 14.7. The van der Waals surface area contributed by atoms with Gasteiger partial charge in [0, 0.05) is 32.2 Å². The molecule has 1 saturated heterocycles. The van der Waals surface area contributed by atoms with E-state index in [0.29, 0.717) is 55.0 Å². The highest BCUT2D eigenvalue weighted by Gasteiger charge is 2.32. The van der Waals surface area contributed by atoms with Crippen LogP contribution in [0.25, 0.3) is 0 Å². The van der Waals surface area contributed by atoms with Crippen LogP contribution in [0.3, 0.4) is 0 Å². The Morgan fingerprint density at radius 1 is 1.22 bits per heavy atom. The molecule has 0 saturated carbocycles. The van der Waals surface area contributed by atoms with Crippen molar-refractivity contribution in [1.82, 2.24) is 14.8 Å². The Kier molecular flexibility index (Phi) is 9.12. The van der Waals surface area contributed by atoms with Crippen molar-refractivity contribution in [2.45, 2.75) is 65.7 Å². The molecular formula is C28H38FN3O5. The molecule has 0 bridgehead atoms. The second-order valence-electron chi connectivity index (χ2n) is 10.4. The molecule has 8 nitrogen and oxygen atoms in total. The minimum absolute atomic E-state index is 0.0632. The van der Waals surface area contributed by atoms with Crippen molar-refractivity contribution < 1.29 is 28.2 Å². The Hall–Kier alpha value is -3.20. The van der Waals surface area contributed by atoms with Crippen LogP contribution in [0.2, 0.25) is 0 Å². The summed E-state index contributed by atoms with van der Waals surface area (Å²) in [6, 6.07) is 6.86. The van der Waals surface area contributed by atoms with Crippen LogP contribution in [0.5, 0.6) is 5.75 Å². The number of benzene rings is 1. The van der Waals surface area contributed by atoms with Crippen LogP contribution < -0.4 is 4.74 Å². The van der Waals surface area contributed by atoms with Gasteiger partial charge in [0.25, 0.3) is 0 Å². The van der Waals surface area contributed by atoms with Crippen molar-refractivity contribution in [2.24, 2.45) is 0 Å². The van der Waals surface area contributed by atoms with Crippen molar-refractivity contribution in [1.29, 1.82) is 0 Å². The number of hydrogen-bond donors (Lipinski definition) is 0. The van der Waals surface area contributed by atoms with Crippen molar-refractivity contribution in [3.63, 3.8) is 0 Å². The number of rotatable bonds is 7. The summed E-state index contributed by atoms with van der Waals surface area (Å²) in [5.41, 5.74) is 1.62. The maximum Gasteiger partial charge on any atom is 0.410 e. The monoisotopic (exact) mass is 515 g/mol. The second kappa shape index (κ2) is 11.9. The Balaban J connectivity index is 1.80. The van der Waals surface area contributed by atoms with Crippen LogP contribution in [0.1, 0.15) is 67.9 Å². The molecule has 1 aliphatic heterocycles. The van der Waals surface area contributed by atoms with Gasteiger partial charge in [0.2, 0.25) is 0 Å². The zero-order valence-corrected chi connectivity index (χ0v) is 22.8. The Morgan fingerprint density at radius 3 is 2.51 bits per heavy atom. The van der Waals surface area contributed by atoms with Gasteiger partial charge in [-0.1, -0.05) is 19.1 Å². The lowest BCUT2D eigenvalue weighted by Gasteiger charge is -2.41. The van der Waals surface area contributed by atoms with E-state index >= 15 is 0 Å². The number of halogens is 1. The Morgan fingerprint density at radius 2 is 1.95 bits per heavy atom. The first kappa shape index (κ1) is 28.4. The number of carbonyl (C=O) groups excluding carboxylic acids is 2. The highest BCUT2D eigenvalue weighted by atomic mass is 19.1. The summed E-state index contributed by atoms with van der Waals surface area (Å²) in [7, 11) is 1.31. The lowest BCUT2D eigenvalue weighted by Crippen LogP contribution is -2.55. The number of ether oxygens (including phenoxy) is 3. The standard InChI is InChI=1S/C28H38FN3O5/c1-8-20-9-10-21(14-23(20)29)24(36-22-13-18(2)25(30-15-22)26(33)35-7)17-31-11-12-32(19(3)16-31)27(34)37-28(4,5)6/h9-10,13-15,19,24H,8,11-12,16-17H2,1-7H3/t19-,24?/m1/s1. The quantitative estimate of drug-likeness (QED) is 0.483. The number of aromatic nitrogens is 1. The fraction of sp³-hybridized carbons (Fsp3) is 0.536. The molecule has 1 amide bonds. The molecule has 1 aromatic carbocycles. The van der Waals surface area contributed by atoms with Crippen molar-refractivity contribution in [3.8, 4) is 5.75 Å². The first-order valence-electron chi connectivity index (χ1n) is 12.6. The van der Waals surface area contributed by atoms with Gasteiger partial charge in [0.15, 0.2) is 5.69 Å². The molecule has 9 heteroatoms. The lowest BCUT2D eigenvalue weighted by molar-refractivity contribution is -0.00301. The molecule has 1 unspecified atom stereocenters. The van der Waals surface area contributed by atoms with Gasteiger partial charge in [0.1, 0.15) is 23.3 Å². The summed E-state index contributed by atoms with van der Waals surface area (Å²) in [5.74, 6) is -0.322. The smallest absolute Gasteiger partial charge is 0.410 e. The lowest BCUT2D eigenvalue weighted by atomic mass is 10.0. The molecule has 0 aliphatic carbocycles. The van der Waals surface area contributed by atoms with Gasteiger partial charge in [0.05, 0.1) is 13.3 Å². The number of esters is 1. The van der Waals surface area contributed by atoms with E-state index in [9.17, 15) is 14.0 Å². The molecule has 0 N–H and O–H groups in total. The van der Waals surface area contributed by atoms with Gasteiger partial charge in [-0.15, -0.1) is 0 Å². The van der Waals surface area contributed by atoms with Crippen LogP contribution in [-0.2, 0) is 15.9 Å². The zero-order valence-electron chi connectivity index (χ0n) is 22.8. The fourth-order valence-electron chi connectivity index (χ4n) is 4.37. The third-order valence-corrected chi connectivity index (χ3v) is 6.30. The molecule has 0 radical (unpaired) electrons. The molecule has 0 spiro atoms. The largest absolute Gasteiger partial charge is 0.483 e. The van der Waals surface area contributed by atoms with E-state index in [1.807, 2.05) is 40.7 Å². The summed E-state index contributed by atoms with van der Waals surface area (Å²) in [6.07, 6.45) is 1.26. The van der Waals surface area contributed by atoms with Crippen molar-refractivity contribution >= 4 is 12.1 Å². The Labute approximate surface area is 218 Å². The Bertz CT molecular complexity index is 1120. The normalized spacial score (nSPS) is 17.3. The predicted octanol–water partition coefficient (Wildman–Crippen LogP) is 4.94. The molecule has 3 rings (SSSR count). The molecule has 1 aromatic heterocycles. The van der Waals surface area contributed by atoms with E-state index in [-0.39, 0.29) is 23.6 Å². The molecule has 2 heterocycles. The number of nitrogens with zero attached hydrogens (tertiary/aromatic N) is 3. The second-order valence-corrected chi connectivity index (χ2v) is 10.4. The summed E-state index contributed by atoms with van der Waals surface area (Å²) in [5, 5.41) is 0. The number of aryl methyl sites for hydroxylation is 2.